The van der Waals surface area contributed by atoms with Crippen molar-refractivity contribution in [2.45, 2.75) is 13.8 Å². The lowest BCUT2D eigenvalue weighted by Gasteiger charge is -2.00. The molecule has 0 aliphatic carbocycles. The number of nitrogens with zero attached hydrogens (tertiary/aromatic N) is 2. The van der Waals surface area contributed by atoms with Crippen LogP contribution in [0.5, 0.6) is 0 Å². The molecule has 6 nitrogen and oxygen atoms in total. The molecule has 156 valence electrons. The summed E-state index contributed by atoms with van der Waals surface area (Å²) >= 11 is 0. The monoisotopic (exact) mass is 422 g/mol. The number of hydrogen-bond donors (Lipinski definition) is 0. The second-order valence-corrected chi connectivity index (χ2v) is 7.52. The fourth-order valence-electron chi connectivity index (χ4n) is 3.66. The van der Waals surface area contributed by atoms with Gasteiger partial charge in [-0.15, -0.1) is 0 Å². The number of benzene rings is 2. The van der Waals surface area contributed by atoms with Crippen LogP contribution < -0.4 is 11.3 Å². The minimum atomic E-state index is -0.326. The Labute approximate surface area is 181 Å². The van der Waals surface area contributed by atoms with E-state index in [4.69, 9.17) is 8.83 Å². The number of pyridine rings is 2. The Hall–Kier alpha value is -4.32. The predicted octanol–water partition coefficient (Wildman–Crippen LogP) is 5.30. The molecule has 2 aromatic carbocycles. The van der Waals surface area contributed by atoms with Gasteiger partial charge >= 0.3 is 11.3 Å². The highest BCUT2D eigenvalue weighted by Gasteiger charge is 2.06. The van der Waals surface area contributed by atoms with Crippen molar-refractivity contribution in [2.24, 2.45) is 0 Å². The Kier molecular flexibility index (Phi) is 4.75. The van der Waals surface area contributed by atoms with Crippen LogP contribution >= 0.6 is 0 Å². The molecular formula is C26H18N2O4. The molecule has 0 aliphatic rings. The van der Waals surface area contributed by atoms with E-state index in [0.29, 0.717) is 33.3 Å². The zero-order valence-electron chi connectivity index (χ0n) is 17.5. The first-order valence-electron chi connectivity index (χ1n) is 10.1. The average molecular weight is 422 g/mol. The molecule has 0 atom stereocenters. The minimum Gasteiger partial charge on any atom is -0.428 e. The molecule has 0 unspecified atom stereocenters. The molecule has 32 heavy (non-hydrogen) atoms. The predicted molar refractivity (Wildman–Crippen MR) is 125 cm³/mol. The number of fused-ring (bicyclic) bond motifs is 4. The zero-order chi connectivity index (χ0) is 22.2. The van der Waals surface area contributed by atoms with E-state index in [1.165, 1.54) is 0 Å². The molecule has 0 amide bonds. The van der Waals surface area contributed by atoms with Gasteiger partial charge in [0.15, 0.2) is 0 Å². The summed E-state index contributed by atoms with van der Waals surface area (Å²) in [7, 11) is 0. The average Bonchev–Trinajstić information content (AvgIpc) is 2.77. The van der Waals surface area contributed by atoms with Gasteiger partial charge in [0, 0.05) is 22.9 Å². The third-order valence-corrected chi connectivity index (χ3v) is 5.13. The molecule has 6 aromatic rings. The second-order valence-electron chi connectivity index (χ2n) is 7.52. The summed E-state index contributed by atoms with van der Waals surface area (Å²) in [6, 6.07) is 22.6. The minimum absolute atomic E-state index is 0.326. The molecule has 0 radical (unpaired) electrons. The summed E-state index contributed by atoms with van der Waals surface area (Å²) in [5, 5.41) is 2.96. The number of aryl methyl sites for hydroxylation is 2. The van der Waals surface area contributed by atoms with Crippen LogP contribution in [0, 0.1) is 13.8 Å². The third-order valence-electron chi connectivity index (χ3n) is 5.13. The van der Waals surface area contributed by atoms with Crippen LogP contribution in [0.1, 0.15) is 11.5 Å². The highest BCUT2D eigenvalue weighted by atomic mass is 16.4. The van der Waals surface area contributed by atoms with E-state index >= 15 is 0 Å². The quantitative estimate of drug-likeness (QED) is 0.309. The first-order valence-corrected chi connectivity index (χ1v) is 10.1. The fraction of sp³-hybridized carbons (Fsp3) is 0.0769. The van der Waals surface area contributed by atoms with Crippen molar-refractivity contribution in [1.82, 2.24) is 9.97 Å². The smallest absolute Gasteiger partial charge is 0.345 e. The molecule has 6 rings (SSSR count). The molecule has 0 aliphatic heterocycles. The van der Waals surface area contributed by atoms with Crippen molar-refractivity contribution >= 4 is 43.6 Å². The maximum absolute atomic E-state index is 11.6. The van der Waals surface area contributed by atoms with Crippen molar-refractivity contribution in [3.05, 3.63) is 105 Å². The Bertz CT molecular complexity index is 1620. The van der Waals surface area contributed by atoms with Crippen LogP contribution in [-0.4, -0.2) is 9.97 Å². The zero-order valence-corrected chi connectivity index (χ0v) is 17.5. The van der Waals surface area contributed by atoms with Gasteiger partial charge in [0.2, 0.25) is 0 Å². The van der Waals surface area contributed by atoms with Crippen LogP contribution in [0.25, 0.3) is 43.6 Å². The highest BCUT2D eigenvalue weighted by molar-refractivity contribution is 5.92. The van der Waals surface area contributed by atoms with Crippen LogP contribution in [0.15, 0.2) is 91.2 Å². The lowest BCUT2D eigenvalue weighted by Crippen LogP contribution is -2.01. The number of aromatic nitrogens is 2. The Morgan fingerprint density at radius 1 is 0.562 bits per heavy atom. The van der Waals surface area contributed by atoms with E-state index in [0.717, 1.165) is 21.8 Å². The van der Waals surface area contributed by atoms with Gasteiger partial charge in [-0.25, -0.2) is 19.6 Å². The fourth-order valence-corrected chi connectivity index (χ4v) is 3.66. The molecule has 0 saturated carbocycles. The van der Waals surface area contributed by atoms with Gasteiger partial charge in [0.05, 0.1) is 32.8 Å². The van der Waals surface area contributed by atoms with E-state index in [1.807, 2.05) is 60.7 Å². The van der Waals surface area contributed by atoms with Crippen molar-refractivity contribution in [3.63, 3.8) is 0 Å². The second kappa shape index (κ2) is 7.74. The molecule has 0 fully saturated rings. The largest absolute Gasteiger partial charge is 0.428 e. The molecule has 0 saturated heterocycles. The van der Waals surface area contributed by atoms with Crippen molar-refractivity contribution in [3.8, 4) is 0 Å². The van der Waals surface area contributed by atoms with Crippen LogP contribution in [0.3, 0.4) is 0 Å². The number of hydrogen-bond acceptors (Lipinski definition) is 6. The van der Waals surface area contributed by atoms with Gasteiger partial charge in [-0.05, 0) is 38.1 Å². The SMILES string of the molecule is Cc1cc2nc3ccccc3cc2c(=O)o1.Cc1cc2nc3ccccc3cc2c(=O)o1. The highest BCUT2D eigenvalue weighted by Crippen LogP contribution is 2.18. The number of para-hydroxylation sites is 2. The van der Waals surface area contributed by atoms with E-state index < -0.39 is 0 Å². The van der Waals surface area contributed by atoms with Crippen LogP contribution in [0.4, 0.5) is 0 Å². The molecule has 0 spiro atoms. The summed E-state index contributed by atoms with van der Waals surface area (Å²) in [6.45, 7) is 3.50. The summed E-state index contributed by atoms with van der Waals surface area (Å²) in [5.41, 5.74) is 2.50. The normalized spacial score (nSPS) is 11.1. The van der Waals surface area contributed by atoms with E-state index in [2.05, 4.69) is 9.97 Å². The lowest BCUT2D eigenvalue weighted by molar-refractivity contribution is 0.488. The maximum Gasteiger partial charge on any atom is 0.345 e. The van der Waals surface area contributed by atoms with Gasteiger partial charge < -0.3 is 8.83 Å². The first-order chi connectivity index (χ1) is 15.5. The Balaban J connectivity index is 0.000000135. The first kappa shape index (κ1) is 19.6. The Morgan fingerprint density at radius 2 is 0.969 bits per heavy atom. The Morgan fingerprint density at radius 3 is 1.41 bits per heavy atom. The van der Waals surface area contributed by atoms with Crippen molar-refractivity contribution in [2.75, 3.05) is 0 Å². The topological polar surface area (TPSA) is 86.2 Å². The molecule has 6 heteroatoms. The summed E-state index contributed by atoms with van der Waals surface area (Å²) < 4.78 is 10.1. The van der Waals surface area contributed by atoms with Crippen LogP contribution in [0.2, 0.25) is 0 Å². The van der Waals surface area contributed by atoms with Crippen molar-refractivity contribution in [1.29, 1.82) is 0 Å². The summed E-state index contributed by atoms with van der Waals surface area (Å²) in [6.07, 6.45) is 0. The standard InChI is InChI=1S/2C13H9NO2/c2*1-8-6-12-10(13(15)16-8)7-9-4-2-3-5-11(9)14-12/h2*2-7H,1H3. The third kappa shape index (κ3) is 3.63. The molecule has 4 heterocycles. The number of rotatable bonds is 0. The molecule has 4 aromatic heterocycles. The molecule has 0 N–H and O–H groups in total. The molecular weight excluding hydrogens is 404 g/mol. The van der Waals surface area contributed by atoms with E-state index in [9.17, 15) is 9.59 Å². The van der Waals surface area contributed by atoms with E-state index in [-0.39, 0.29) is 11.3 Å². The van der Waals surface area contributed by atoms with Gasteiger partial charge in [0.1, 0.15) is 11.5 Å². The summed E-state index contributed by atoms with van der Waals surface area (Å²) in [5.74, 6) is 1.17. The van der Waals surface area contributed by atoms with Crippen molar-refractivity contribution < 1.29 is 8.83 Å². The van der Waals surface area contributed by atoms with Crippen LogP contribution in [-0.2, 0) is 0 Å². The van der Waals surface area contributed by atoms with E-state index in [1.54, 1.807) is 26.0 Å². The summed E-state index contributed by atoms with van der Waals surface area (Å²) in [4.78, 5) is 32.2. The molecule has 0 bridgehead atoms. The maximum atomic E-state index is 11.6. The van der Waals surface area contributed by atoms with Gasteiger partial charge in [-0.3, -0.25) is 0 Å². The lowest BCUT2D eigenvalue weighted by atomic mass is 10.1. The van der Waals surface area contributed by atoms with Gasteiger partial charge in [0.25, 0.3) is 0 Å². The van der Waals surface area contributed by atoms with Gasteiger partial charge in [-0.1, -0.05) is 36.4 Å². The van der Waals surface area contributed by atoms with Gasteiger partial charge in [-0.2, -0.15) is 0 Å².